The van der Waals surface area contributed by atoms with Crippen LogP contribution in [0.15, 0.2) is 0 Å². The first-order chi connectivity index (χ1) is 13.0. The Labute approximate surface area is 162 Å². The van der Waals surface area contributed by atoms with Gasteiger partial charge in [0.15, 0.2) is 0 Å². The lowest BCUT2D eigenvalue weighted by Gasteiger charge is -2.41. The lowest BCUT2D eigenvalue weighted by atomic mass is 9.81. The Kier molecular flexibility index (Phi) is 6.72. The van der Waals surface area contributed by atoms with Crippen LogP contribution < -0.4 is 0 Å². The van der Waals surface area contributed by atoms with Gasteiger partial charge in [-0.1, -0.05) is 19.3 Å². The molecule has 3 rings (SSSR count). The molecule has 7 heteroatoms. The third-order valence-corrected chi connectivity index (χ3v) is 6.55. The predicted molar refractivity (Wildman–Crippen MR) is 103 cm³/mol. The zero-order chi connectivity index (χ0) is 19.3. The molecule has 0 aromatic rings. The second-order valence-corrected chi connectivity index (χ2v) is 8.30. The summed E-state index contributed by atoms with van der Waals surface area (Å²) < 4.78 is 0. The van der Waals surface area contributed by atoms with Crippen molar-refractivity contribution in [3.8, 4) is 6.07 Å². The number of piperazine rings is 1. The average Bonchev–Trinajstić information content (AvgIpc) is 3.24. The van der Waals surface area contributed by atoms with E-state index in [4.69, 9.17) is 0 Å². The van der Waals surface area contributed by atoms with Crippen LogP contribution in [0.25, 0.3) is 0 Å². The van der Waals surface area contributed by atoms with Crippen LogP contribution in [0.2, 0.25) is 0 Å². The van der Waals surface area contributed by atoms with Gasteiger partial charge >= 0.3 is 0 Å². The molecular weight excluding hydrogens is 342 g/mol. The maximum Gasteiger partial charge on any atom is 0.237 e. The lowest BCUT2D eigenvalue weighted by Crippen LogP contribution is -2.55. The van der Waals surface area contributed by atoms with E-state index < -0.39 is 5.54 Å². The fraction of sp³-hybridized carbons (Fsp3) is 0.850. The smallest absolute Gasteiger partial charge is 0.237 e. The van der Waals surface area contributed by atoms with Crippen LogP contribution in [0.1, 0.15) is 44.9 Å². The largest absolute Gasteiger partial charge is 0.342 e. The summed E-state index contributed by atoms with van der Waals surface area (Å²) in [7, 11) is 1.79. The second kappa shape index (κ2) is 9.03. The van der Waals surface area contributed by atoms with Gasteiger partial charge in [-0.25, -0.2) is 0 Å². The first kappa shape index (κ1) is 20.1. The first-order valence-corrected chi connectivity index (χ1v) is 10.4. The molecule has 1 aliphatic carbocycles. The van der Waals surface area contributed by atoms with E-state index in [1.807, 2.05) is 4.90 Å². The number of rotatable bonds is 5. The molecule has 0 aromatic heterocycles. The van der Waals surface area contributed by atoms with E-state index in [2.05, 4.69) is 15.9 Å². The third kappa shape index (κ3) is 4.80. The number of carbonyl (C=O) groups excluding carboxylic acids is 2. The summed E-state index contributed by atoms with van der Waals surface area (Å²) in [5.41, 5.74) is -0.612. The topological polar surface area (TPSA) is 70.9 Å². The van der Waals surface area contributed by atoms with Gasteiger partial charge in [-0.3, -0.25) is 19.4 Å². The molecule has 7 nitrogen and oxygen atoms in total. The molecule has 2 heterocycles. The molecule has 3 fully saturated rings. The van der Waals surface area contributed by atoms with Crippen LogP contribution in [0, 0.1) is 11.3 Å². The summed E-state index contributed by atoms with van der Waals surface area (Å²) >= 11 is 0. The number of hydrogen-bond donors (Lipinski definition) is 0. The maximum atomic E-state index is 12.8. The Balaban J connectivity index is 1.43. The van der Waals surface area contributed by atoms with Crippen molar-refractivity contribution < 1.29 is 9.59 Å². The highest BCUT2D eigenvalue weighted by Crippen LogP contribution is 2.32. The highest BCUT2D eigenvalue weighted by atomic mass is 16.2. The van der Waals surface area contributed by atoms with Gasteiger partial charge in [0.1, 0.15) is 5.54 Å². The fourth-order valence-corrected chi connectivity index (χ4v) is 4.56. The molecule has 27 heavy (non-hydrogen) atoms. The minimum atomic E-state index is -0.612. The molecule has 2 saturated heterocycles. The molecule has 0 unspecified atom stereocenters. The molecule has 2 amide bonds. The molecular formula is C20H33N5O2. The zero-order valence-electron chi connectivity index (χ0n) is 16.7. The van der Waals surface area contributed by atoms with Gasteiger partial charge in [0.25, 0.3) is 0 Å². The van der Waals surface area contributed by atoms with Gasteiger partial charge in [-0.15, -0.1) is 0 Å². The molecule has 0 aromatic carbocycles. The Morgan fingerprint density at radius 2 is 1.44 bits per heavy atom. The number of nitriles is 1. The van der Waals surface area contributed by atoms with Gasteiger partial charge in [0.2, 0.25) is 11.8 Å². The van der Waals surface area contributed by atoms with E-state index in [1.54, 1.807) is 11.9 Å². The van der Waals surface area contributed by atoms with E-state index >= 15 is 0 Å². The fourth-order valence-electron chi connectivity index (χ4n) is 4.56. The number of likely N-dealkylation sites (N-methyl/N-ethyl adjacent to an activating group) is 1. The summed E-state index contributed by atoms with van der Waals surface area (Å²) in [4.78, 5) is 33.1. The van der Waals surface area contributed by atoms with Crippen LogP contribution in [0.5, 0.6) is 0 Å². The predicted octanol–water partition coefficient (Wildman–Crippen LogP) is 0.911. The lowest BCUT2D eigenvalue weighted by molar-refractivity contribution is -0.137. The first-order valence-electron chi connectivity index (χ1n) is 10.4. The third-order valence-electron chi connectivity index (χ3n) is 6.55. The van der Waals surface area contributed by atoms with E-state index in [0.29, 0.717) is 13.1 Å². The summed E-state index contributed by atoms with van der Waals surface area (Å²) in [6.07, 6.45) is 7.03. The standard InChI is InChI=1S/C20H33N5O2/c1-22(20(17-21)7-3-2-4-8-20)18(26)15-23-11-13-24(14-12-23)16-19(27)25-9-5-6-10-25/h2-16H2,1H3. The van der Waals surface area contributed by atoms with Gasteiger partial charge in [0.05, 0.1) is 19.2 Å². The minimum Gasteiger partial charge on any atom is -0.342 e. The molecule has 1 saturated carbocycles. The van der Waals surface area contributed by atoms with Crippen LogP contribution in [-0.4, -0.2) is 96.4 Å². The summed E-state index contributed by atoms with van der Waals surface area (Å²) in [6, 6.07) is 2.43. The highest BCUT2D eigenvalue weighted by molar-refractivity contribution is 5.79. The SMILES string of the molecule is CN(C(=O)CN1CCN(CC(=O)N2CCCC2)CC1)C1(C#N)CCCCC1. The molecule has 2 aliphatic heterocycles. The van der Waals surface area contributed by atoms with E-state index in [9.17, 15) is 14.9 Å². The van der Waals surface area contributed by atoms with Crippen LogP contribution in [0.4, 0.5) is 0 Å². The van der Waals surface area contributed by atoms with E-state index in [1.165, 1.54) is 0 Å². The minimum absolute atomic E-state index is 0.0417. The molecule has 3 aliphatic rings. The van der Waals surface area contributed by atoms with Crippen molar-refractivity contribution in [3.63, 3.8) is 0 Å². The van der Waals surface area contributed by atoms with Gasteiger partial charge in [0, 0.05) is 46.3 Å². The molecule has 0 N–H and O–H groups in total. The van der Waals surface area contributed by atoms with Crippen molar-refractivity contribution in [2.75, 3.05) is 59.4 Å². The van der Waals surface area contributed by atoms with Crippen LogP contribution in [-0.2, 0) is 9.59 Å². The average molecular weight is 376 g/mol. The van der Waals surface area contributed by atoms with Gasteiger partial charge in [-0.05, 0) is 25.7 Å². The van der Waals surface area contributed by atoms with Crippen molar-refractivity contribution in [3.05, 3.63) is 0 Å². The monoisotopic (exact) mass is 375 g/mol. The second-order valence-electron chi connectivity index (χ2n) is 8.30. The Morgan fingerprint density at radius 3 is 2.00 bits per heavy atom. The Bertz CT molecular complexity index is 567. The van der Waals surface area contributed by atoms with Crippen molar-refractivity contribution in [1.29, 1.82) is 5.26 Å². The highest BCUT2D eigenvalue weighted by Gasteiger charge is 2.39. The normalized spacial score (nSPS) is 23.8. The molecule has 0 atom stereocenters. The molecule has 150 valence electrons. The summed E-state index contributed by atoms with van der Waals surface area (Å²) in [5, 5.41) is 9.68. The number of nitrogens with zero attached hydrogens (tertiary/aromatic N) is 5. The van der Waals surface area contributed by atoms with Crippen LogP contribution >= 0.6 is 0 Å². The van der Waals surface area contributed by atoms with Gasteiger partial charge in [-0.2, -0.15) is 5.26 Å². The number of likely N-dealkylation sites (tertiary alicyclic amines) is 1. The van der Waals surface area contributed by atoms with Crippen molar-refractivity contribution >= 4 is 11.8 Å². The Morgan fingerprint density at radius 1 is 0.889 bits per heavy atom. The van der Waals surface area contributed by atoms with Gasteiger partial charge < -0.3 is 9.80 Å². The van der Waals surface area contributed by atoms with Crippen molar-refractivity contribution in [2.24, 2.45) is 0 Å². The zero-order valence-corrected chi connectivity index (χ0v) is 16.7. The number of amides is 2. The molecule has 0 bridgehead atoms. The molecule has 0 spiro atoms. The maximum absolute atomic E-state index is 12.8. The van der Waals surface area contributed by atoms with Crippen LogP contribution in [0.3, 0.4) is 0 Å². The van der Waals surface area contributed by atoms with E-state index in [-0.39, 0.29) is 11.8 Å². The quantitative estimate of drug-likeness (QED) is 0.714. The Hall–Kier alpha value is -1.65. The van der Waals surface area contributed by atoms with Crippen molar-refractivity contribution in [1.82, 2.24) is 19.6 Å². The number of carbonyl (C=O) groups is 2. The van der Waals surface area contributed by atoms with E-state index in [0.717, 1.165) is 84.2 Å². The summed E-state index contributed by atoms with van der Waals surface area (Å²) in [6.45, 7) is 5.91. The molecule has 0 radical (unpaired) electrons. The van der Waals surface area contributed by atoms with Crippen molar-refractivity contribution in [2.45, 2.75) is 50.5 Å². The summed E-state index contributed by atoms with van der Waals surface area (Å²) in [5.74, 6) is 0.282. The number of hydrogen-bond acceptors (Lipinski definition) is 5.